The molecule has 1 aromatic rings. The molecule has 0 aromatic heterocycles. The topological polar surface area (TPSA) is 67.4 Å². The Kier molecular flexibility index (Phi) is 2.07. The normalized spacial score (nSPS) is 29.5. The minimum atomic E-state index is -0.568. The van der Waals surface area contributed by atoms with Gasteiger partial charge >= 0.3 is 6.03 Å². The number of Topliss-reactive ketones (excluding diaryl/α,β-unsaturated/α-hetero) is 1. The molecule has 2 N–H and O–H groups in total. The van der Waals surface area contributed by atoms with Crippen molar-refractivity contribution in [2.75, 3.05) is 0 Å². The number of ether oxygens (including phenoxy) is 1. The van der Waals surface area contributed by atoms with Gasteiger partial charge in [-0.25, -0.2) is 4.79 Å². The highest BCUT2D eigenvalue weighted by Crippen LogP contribution is 2.39. The molecule has 2 heterocycles. The van der Waals surface area contributed by atoms with Crippen LogP contribution in [0.4, 0.5) is 4.79 Å². The van der Waals surface area contributed by atoms with Crippen molar-refractivity contribution in [1.29, 1.82) is 0 Å². The number of para-hydroxylation sites is 1. The van der Waals surface area contributed by atoms with Crippen LogP contribution in [0.2, 0.25) is 0 Å². The fourth-order valence-corrected chi connectivity index (χ4v) is 2.47. The number of fused-ring (bicyclic) bond motifs is 4. The molecule has 2 aliphatic heterocycles. The van der Waals surface area contributed by atoms with E-state index < -0.39 is 6.23 Å². The van der Waals surface area contributed by atoms with Gasteiger partial charge in [0.2, 0.25) is 0 Å². The first-order valence-corrected chi connectivity index (χ1v) is 5.50. The van der Waals surface area contributed by atoms with Crippen LogP contribution in [-0.4, -0.2) is 18.0 Å². The Morgan fingerprint density at radius 2 is 2.06 bits per heavy atom. The van der Waals surface area contributed by atoms with Gasteiger partial charge in [-0.1, -0.05) is 18.2 Å². The molecule has 5 nitrogen and oxygen atoms in total. The molecule has 5 heteroatoms. The molecule has 1 aromatic carbocycles. The zero-order chi connectivity index (χ0) is 12.0. The second-order valence-corrected chi connectivity index (χ2v) is 4.31. The summed E-state index contributed by atoms with van der Waals surface area (Å²) in [7, 11) is 0. The molecule has 1 saturated heterocycles. The number of carbonyl (C=O) groups excluding carboxylic acids is 2. The minimum absolute atomic E-state index is 0.00185. The number of nitrogens with one attached hydrogen (secondary N) is 2. The van der Waals surface area contributed by atoms with Gasteiger partial charge in [-0.15, -0.1) is 0 Å². The van der Waals surface area contributed by atoms with E-state index in [9.17, 15) is 9.59 Å². The van der Waals surface area contributed by atoms with Crippen LogP contribution < -0.4 is 15.4 Å². The molecule has 2 amide bonds. The Morgan fingerprint density at radius 3 is 2.82 bits per heavy atom. The Balaban J connectivity index is 2.10. The molecule has 17 heavy (non-hydrogen) atoms. The van der Waals surface area contributed by atoms with Gasteiger partial charge in [0.1, 0.15) is 11.5 Å². The van der Waals surface area contributed by atoms with Crippen LogP contribution in [0.25, 0.3) is 0 Å². The van der Waals surface area contributed by atoms with E-state index >= 15 is 0 Å². The van der Waals surface area contributed by atoms with E-state index in [1.807, 2.05) is 24.3 Å². The van der Waals surface area contributed by atoms with Crippen molar-refractivity contribution in [3.05, 3.63) is 29.8 Å². The van der Waals surface area contributed by atoms with E-state index in [0.29, 0.717) is 5.75 Å². The first-order valence-electron chi connectivity index (χ1n) is 5.50. The summed E-state index contributed by atoms with van der Waals surface area (Å²) in [5.41, 5.74) is 0.860. The quantitative estimate of drug-likeness (QED) is 0.758. The molecule has 3 unspecified atom stereocenters. The van der Waals surface area contributed by atoms with Crippen LogP contribution >= 0.6 is 0 Å². The summed E-state index contributed by atoms with van der Waals surface area (Å²) < 4.78 is 5.65. The van der Waals surface area contributed by atoms with Crippen molar-refractivity contribution in [1.82, 2.24) is 10.6 Å². The Hall–Kier alpha value is -2.04. The molecular weight excluding hydrogens is 220 g/mol. The van der Waals surface area contributed by atoms with Crippen LogP contribution in [-0.2, 0) is 4.79 Å². The van der Waals surface area contributed by atoms with E-state index in [4.69, 9.17) is 4.74 Å². The average Bonchev–Trinajstić information content (AvgIpc) is 2.27. The van der Waals surface area contributed by atoms with Gasteiger partial charge in [0, 0.05) is 5.56 Å². The second-order valence-electron chi connectivity index (χ2n) is 4.31. The maximum absolute atomic E-state index is 11.7. The average molecular weight is 232 g/mol. The van der Waals surface area contributed by atoms with E-state index in [0.717, 1.165) is 5.56 Å². The third-order valence-corrected chi connectivity index (χ3v) is 3.22. The molecule has 3 atom stereocenters. The second kappa shape index (κ2) is 3.48. The number of hydrogen-bond donors (Lipinski definition) is 2. The lowest BCUT2D eigenvalue weighted by molar-refractivity contribution is -0.127. The Labute approximate surface area is 98.1 Å². The molecule has 2 bridgehead atoms. The van der Waals surface area contributed by atoms with Crippen molar-refractivity contribution >= 4 is 11.8 Å². The molecule has 88 valence electrons. The number of hydrogen-bond acceptors (Lipinski definition) is 3. The van der Waals surface area contributed by atoms with Crippen molar-refractivity contribution < 1.29 is 14.3 Å². The highest BCUT2D eigenvalue weighted by atomic mass is 16.5. The van der Waals surface area contributed by atoms with Gasteiger partial charge in [-0.2, -0.15) is 0 Å². The van der Waals surface area contributed by atoms with Crippen molar-refractivity contribution in [2.24, 2.45) is 5.92 Å². The first kappa shape index (κ1) is 10.1. The van der Waals surface area contributed by atoms with E-state index in [-0.39, 0.29) is 23.8 Å². The Morgan fingerprint density at radius 1 is 1.29 bits per heavy atom. The zero-order valence-electron chi connectivity index (χ0n) is 9.27. The summed E-state index contributed by atoms with van der Waals surface area (Å²) in [6.45, 7) is 1.51. The number of amides is 2. The third kappa shape index (κ3) is 1.46. The van der Waals surface area contributed by atoms with Crippen LogP contribution in [0.1, 0.15) is 18.5 Å². The lowest BCUT2D eigenvalue weighted by Gasteiger charge is -2.42. The smallest absolute Gasteiger partial charge is 0.318 e. The summed E-state index contributed by atoms with van der Waals surface area (Å²) in [4.78, 5) is 23.1. The minimum Gasteiger partial charge on any atom is -0.469 e. The standard InChI is InChI=1S/C12H12N2O3/c1-6(15)9-10-7-4-2-3-5-8(7)17-11(9)14-12(16)13-10/h2-5,9-11H,1H3,(H2,13,14,16). The summed E-state index contributed by atoms with van der Waals surface area (Å²) >= 11 is 0. The monoisotopic (exact) mass is 232 g/mol. The van der Waals surface area contributed by atoms with Crippen molar-refractivity contribution in [2.45, 2.75) is 19.2 Å². The molecule has 3 rings (SSSR count). The molecule has 1 fully saturated rings. The van der Waals surface area contributed by atoms with Crippen LogP contribution in [0, 0.1) is 5.92 Å². The Bertz CT molecular complexity index is 500. The SMILES string of the molecule is CC(=O)C1C2NC(=O)NC1c1ccccc1O2. The lowest BCUT2D eigenvalue weighted by atomic mass is 9.84. The van der Waals surface area contributed by atoms with Crippen LogP contribution in [0.3, 0.4) is 0 Å². The van der Waals surface area contributed by atoms with Crippen molar-refractivity contribution in [3.8, 4) is 5.75 Å². The largest absolute Gasteiger partial charge is 0.469 e. The molecule has 2 aliphatic rings. The maximum Gasteiger partial charge on any atom is 0.318 e. The predicted octanol–water partition coefficient (Wildman–Crippen LogP) is 0.964. The molecule has 0 radical (unpaired) electrons. The van der Waals surface area contributed by atoms with Gasteiger partial charge in [0.15, 0.2) is 6.23 Å². The van der Waals surface area contributed by atoms with Gasteiger partial charge < -0.3 is 15.4 Å². The van der Waals surface area contributed by atoms with Crippen LogP contribution in [0.15, 0.2) is 24.3 Å². The molecule has 0 saturated carbocycles. The zero-order valence-corrected chi connectivity index (χ0v) is 9.27. The number of benzene rings is 1. The number of carbonyl (C=O) groups is 2. The van der Waals surface area contributed by atoms with E-state index in [2.05, 4.69) is 10.6 Å². The van der Waals surface area contributed by atoms with E-state index in [1.165, 1.54) is 6.92 Å². The summed E-state index contributed by atoms with van der Waals surface area (Å²) in [5.74, 6) is 0.345. The van der Waals surface area contributed by atoms with Crippen molar-refractivity contribution in [3.63, 3.8) is 0 Å². The summed E-state index contributed by atoms with van der Waals surface area (Å²) in [5, 5.41) is 5.41. The highest BCUT2D eigenvalue weighted by molar-refractivity contribution is 5.85. The predicted molar refractivity (Wildman–Crippen MR) is 59.4 cm³/mol. The maximum atomic E-state index is 11.7. The van der Waals surface area contributed by atoms with Gasteiger partial charge in [-0.05, 0) is 13.0 Å². The van der Waals surface area contributed by atoms with Crippen LogP contribution in [0.5, 0.6) is 5.75 Å². The number of rotatable bonds is 1. The highest BCUT2D eigenvalue weighted by Gasteiger charge is 2.46. The number of urea groups is 1. The fourth-order valence-electron chi connectivity index (χ4n) is 2.47. The molecule has 0 aliphatic carbocycles. The summed E-state index contributed by atoms with van der Waals surface area (Å²) in [6, 6.07) is 6.85. The van der Waals surface area contributed by atoms with Gasteiger partial charge in [0.05, 0.1) is 12.0 Å². The summed E-state index contributed by atoms with van der Waals surface area (Å²) in [6.07, 6.45) is -0.568. The molecular formula is C12H12N2O3. The van der Waals surface area contributed by atoms with Gasteiger partial charge in [0.25, 0.3) is 0 Å². The van der Waals surface area contributed by atoms with Gasteiger partial charge in [-0.3, -0.25) is 4.79 Å². The number of ketones is 1. The lowest BCUT2D eigenvalue weighted by Crippen LogP contribution is -2.62. The molecule has 0 spiro atoms. The fraction of sp³-hybridized carbons (Fsp3) is 0.333. The third-order valence-electron chi connectivity index (χ3n) is 3.22. The first-order chi connectivity index (χ1) is 8.16. The van der Waals surface area contributed by atoms with E-state index in [1.54, 1.807) is 0 Å².